The minimum atomic E-state index is -1.25. The minimum Gasteiger partial charge on any atom is -0.449 e. The Morgan fingerprint density at radius 2 is 2.00 bits per heavy atom. The van der Waals surface area contributed by atoms with E-state index in [-0.39, 0.29) is 11.8 Å². The van der Waals surface area contributed by atoms with E-state index in [0.717, 1.165) is 25.7 Å². The summed E-state index contributed by atoms with van der Waals surface area (Å²) in [5.74, 6) is -0.123. The van der Waals surface area contributed by atoms with E-state index in [2.05, 4.69) is 4.99 Å². The second-order valence-electron chi connectivity index (χ2n) is 5.07. The number of carbonyl (C=O) groups excluding carboxylic acids is 1. The summed E-state index contributed by atoms with van der Waals surface area (Å²) in [5, 5.41) is 0.352. The van der Waals surface area contributed by atoms with Gasteiger partial charge in [0, 0.05) is 11.8 Å². The van der Waals surface area contributed by atoms with Crippen LogP contribution in [0.1, 0.15) is 32.6 Å². The van der Waals surface area contributed by atoms with Gasteiger partial charge in [0.05, 0.1) is 0 Å². The summed E-state index contributed by atoms with van der Waals surface area (Å²) in [6, 6.07) is 0. The lowest BCUT2D eigenvalue weighted by atomic mass is 9.64. The van der Waals surface area contributed by atoms with Gasteiger partial charge in [0.2, 0.25) is 5.00 Å². The average molecular weight is 262 g/mol. The van der Waals surface area contributed by atoms with E-state index in [1.807, 2.05) is 6.92 Å². The molecule has 0 amide bonds. The number of hydrogen-bond acceptors (Lipinski definition) is 3. The van der Waals surface area contributed by atoms with Crippen LogP contribution in [0.15, 0.2) is 4.99 Å². The molecule has 0 aromatic carbocycles. The lowest BCUT2D eigenvalue weighted by molar-refractivity contribution is -0.182. The summed E-state index contributed by atoms with van der Waals surface area (Å²) in [6.07, 6.45) is 4.19. The zero-order chi connectivity index (χ0) is 11.6. The summed E-state index contributed by atoms with van der Waals surface area (Å²) in [6.45, 7) is 1.86. The number of carbonyl (C=O) groups is 1. The standard InChI is InChI=1S/C11H13Cl2NO2/c1-10-6-4-2-3-5-7(6)11(13,9(15)16-10)14-8(10)12/h6-7H,2-5H2,1H3/t6-,7+,10+,11+/m0/s1. The van der Waals surface area contributed by atoms with Crippen molar-refractivity contribution in [3.63, 3.8) is 0 Å². The quantitative estimate of drug-likeness (QED) is 0.382. The third-order valence-corrected chi connectivity index (χ3v) is 5.21. The van der Waals surface area contributed by atoms with Crippen molar-refractivity contribution in [3.8, 4) is 0 Å². The smallest absolute Gasteiger partial charge is 0.350 e. The van der Waals surface area contributed by atoms with E-state index in [1.54, 1.807) is 0 Å². The molecule has 0 N–H and O–H groups in total. The SMILES string of the molecule is C[C@]12OC(=O)[C@](Cl)(N=C1Cl)[C@@H]1CCCC[C@@H]12. The summed E-state index contributed by atoms with van der Waals surface area (Å²) in [7, 11) is 0. The fourth-order valence-electron chi connectivity index (χ4n) is 3.32. The van der Waals surface area contributed by atoms with Crippen LogP contribution < -0.4 is 0 Å². The summed E-state index contributed by atoms with van der Waals surface area (Å²) >= 11 is 12.4. The van der Waals surface area contributed by atoms with Crippen molar-refractivity contribution in [1.82, 2.24) is 0 Å². The lowest BCUT2D eigenvalue weighted by Crippen LogP contribution is -2.66. The van der Waals surface area contributed by atoms with Gasteiger partial charge in [0.15, 0.2) is 5.60 Å². The van der Waals surface area contributed by atoms with Crippen LogP contribution in [0.5, 0.6) is 0 Å². The molecular formula is C11H13Cl2NO2. The molecule has 4 rings (SSSR count). The molecule has 1 aliphatic carbocycles. The number of nitrogens with zero attached hydrogens (tertiary/aromatic N) is 1. The molecule has 0 radical (unpaired) electrons. The summed E-state index contributed by atoms with van der Waals surface area (Å²) in [5.41, 5.74) is -0.736. The number of rotatable bonds is 0. The van der Waals surface area contributed by atoms with Crippen molar-refractivity contribution >= 4 is 34.3 Å². The third-order valence-electron chi connectivity index (χ3n) is 4.23. The van der Waals surface area contributed by atoms with Crippen LogP contribution in [0, 0.1) is 11.8 Å². The van der Waals surface area contributed by atoms with Gasteiger partial charge in [-0.25, -0.2) is 9.79 Å². The van der Waals surface area contributed by atoms with Gasteiger partial charge in [0.25, 0.3) is 0 Å². The first-order valence-electron chi connectivity index (χ1n) is 5.66. The zero-order valence-corrected chi connectivity index (χ0v) is 10.5. The van der Waals surface area contributed by atoms with E-state index in [4.69, 9.17) is 27.9 Å². The average Bonchev–Trinajstić information content (AvgIpc) is 2.25. The van der Waals surface area contributed by atoms with Gasteiger partial charge < -0.3 is 4.74 Å². The minimum absolute atomic E-state index is 0.0802. The van der Waals surface area contributed by atoms with Gasteiger partial charge >= 0.3 is 5.97 Å². The van der Waals surface area contributed by atoms with Crippen LogP contribution in [0.4, 0.5) is 0 Å². The molecule has 0 aromatic rings. The Morgan fingerprint density at radius 3 is 2.69 bits per heavy atom. The highest BCUT2D eigenvalue weighted by Crippen LogP contribution is 2.56. The third kappa shape index (κ3) is 1.11. The lowest BCUT2D eigenvalue weighted by Gasteiger charge is -2.55. The number of aliphatic imine (C=N–C) groups is 1. The predicted molar refractivity (Wildman–Crippen MR) is 61.8 cm³/mol. The number of halogens is 2. The van der Waals surface area contributed by atoms with Crippen molar-refractivity contribution < 1.29 is 9.53 Å². The molecule has 16 heavy (non-hydrogen) atoms. The highest BCUT2D eigenvalue weighted by Gasteiger charge is 2.66. The largest absolute Gasteiger partial charge is 0.449 e. The number of alkyl halides is 1. The van der Waals surface area contributed by atoms with Crippen LogP contribution in [0.2, 0.25) is 0 Å². The number of hydrogen-bond donors (Lipinski definition) is 0. The van der Waals surface area contributed by atoms with Crippen molar-refractivity contribution in [2.75, 3.05) is 0 Å². The Kier molecular flexibility index (Phi) is 2.13. The molecule has 3 nitrogen and oxygen atoms in total. The first-order chi connectivity index (χ1) is 7.48. The molecule has 88 valence electrons. The van der Waals surface area contributed by atoms with E-state index in [9.17, 15) is 4.79 Å². The summed E-state index contributed by atoms with van der Waals surface area (Å²) in [4.78, 5) is 14.8. The maximum Gasteiger partial charge on any atom is 0.350 e. The fourth-order valence-corrected chi connectivity index (χ4v) is 4.06. The van der Waals surface area contributed by atoms with Crippen molar-refractivity contribution in [2.24, 2.45) is 16.8 Å². The van der Waals surface area contributed by atoms with Gasteiger partial charge in [-0.05, 0) is 19.8 Å². The molecule has 4 atom stereocenters. The van der Waals surface area contributed by atoms with Crippen LogP contribution in [0.25, 0.3) is 0 Å². The monoisotopic (exact) mass is 261 g/mol. The second kappa shape index (κ2) is 3.14. The van der Waals surface area contributed by atoms with E-state index >= 15 is 0 Å². The maximum absolute atomic E-state index is 11.9. The van der Waals surface area contributed by atoms with Crippen molar-refractivity contribution in [2.45, 2.75) is 43.2 Å². The maximum atomic E-state index is 11.9. The molecule has 4 aliphatic rings. The van der Waals surface area contributed by atoms with Gasteiger partial charge in [-0.15, -0.1) is 0 Å². The zero-order valence-electron chi connectivity index (χ0n) is 9.00. The Labute approximate surface area is 104 Å². The second-order valence-corrected chi connectivity index (χ2v) is 6.00. The molecule has 5 heteroatoms. The molecular weight excluding hydrogens is 249 g/mol. The van der Waals surface area contributed by atoms with Gasteiger partial charge in [-0.3, -0.25) is 0 Å². The van der Waals surface area contributed by atoms with E-state index < -0.39 is 16.6 Å². The number of ether oxygens (including phenoxy) is 1. The molecule has 0 spiro atoms. The molecule has 2 fully saturated rings. The Morgan fingerprint density at radius 1 is 1.38 bits per heavy atom. The van der Waals surface area contributed by atoms with Crippen LogP contribution in [-0.2, 0) is 9.53 Å². The Balaban J connectivity index is 2.15. The molecule has 1 saturated carbocycles. The summed E-state index contributed by atoms with van der Waals surface area (Å²) < 4.78 is 5.42. The first kappa shape index (κ1) is 10.8. The topological polar surface area (TPSA) is 38.7 Å². The normalized spacial score (nSPS) is 50.7. The highest BCUT2D eigenvalue weighted by molar-refractivity contribution is 6.68. The molecule has 3 aliphatic heterocycles. The number of esters is 1. The van der Waals surface area contributed by atoms with E-state index in [0.29, 0.717) is 5.17 Å². The van der Waals surface area contributed by atoms with Crippen molar-refractivity contribution in [1.29, 1.82) is 0 Å². The van der Waals surface area contributed by atoms with Crippen molar-refractivity contribution in [3.05, 3.63) is 0 Å². The van der Waals surface area contributed by atoms with Gasteiger partial charge in [0.1, 0.15) is 5.17 Å². The van der Waals surface area contributed by atoms with Crippen LogP contribution >= 0.6 is 23.2 Å². The molecule has 0 aromatic heterocycles. The van der Waals surface area contributed by atoms with Crippen LogP contribution in [-0.4, -0.2) is 21.7 Å². The fraction of sp³-hybridized carbons (Fsp3) is 0.818. The van der Waals surface area contributed by atoms with E-state index in [1.165, 1.54) is 0 Å². The highest BCUT2D eigenvalue weighted by atomic mass is 35.5. The first-order valence-corrected chi connectivity index (χ1v) is 6.42. The Hall–Kier alpha value is -0.280. The van der Waals surface area contributed by atoms with Crippen LogP contribution in [0.3, 0.4) is 0 Å². The molecule has 1 saturated heterocycles. The molecule has 3 heterocycles. The van der Waals surface area contributed by atoms with Gasteiger partial charge in [-0.2, -0.15) is 0 Å². The van der Waals surface area contributed by atoms with Gasteiger partial charge in [-0.1, -0.05) is 36.0 Å². The Bertz CT molecular complexity index is 397. The molecule has 0 unspecified atom stereocenters. The predicted octanol–water partition coefficient (Wildman–Crippen LogP) is 2.69. The number of fused-ring (bicyclic) bond motifs is 1. The molecule has 2 bridgehead atoms.